The number of carboxylic acid groups (broad SMARTS) is 1. The van der Waals surface area contributed by atoms with E-state index in [1.54, 1.807) is 16.7 Å². The van der Waals surface area contributed by atoms with Crippen LogP contribution in [-0.4, -0.2) is 54.2 Å². The van der Waals surface area contributed by atoms with Crippen LogP contribution in [0.4, 0.5) is 5.82 Å². The van der Waals surface area contributed by atoms with E-state index in [-0.39, 0.29) is 5.56 Å². The molecule has 0 amide bonds. The summed E-state index contributed by atoms with van der Waals surface area (Å²) in [4.78, 5) is 16.7. The molecule has 1 aliphatic heterocycles. The number of rotatable bonds is 3. The van der Waals surface area contributed by atoms with Crippen LogP contribution in [0, 0.1) is 0 Å². The van der Waals surface area contributed by atoms with Crippen LogP contribution < -0.4 is 4.90 Å². The number of carbonyl (C=O) groups is 1. The van der Waals surface area contributed by atoms with Crippen molar-refractivity contribution in [1.29, 1.82) is 0 Å². The number of aromatic carboxylic acids is 1. The van der Waals surface area contributed by atoms with Gasteiger partial charge in [-0.25, -0.2) is 18.2 Å². The molecule has 1 unspecified atom stereocenters. The highest BCUT2D eigenvalue weighted by atomic mass is 32.2. The zero-order valence-corrected chi connectivity index (χ0v) is 11.9. The molecule has 19 heavy (non-hydrogen) atoms. The van der Waals surface area contributed by atoms with E-state index in [4.69, 9.17) is 5.11 Å². The predicted molar refractivity (Wildman–Crippen MR) is 74.5 cm³/mol. The lowest BCUT2D eigenvalue weighted by Crippen LogP contribution is -2.47. The second-order valence-corrected chi connectivity index (χ2v) is 7.61. The Bertz CT molecular complexity index is 588. The Hall–Kier alpha value is -1.28. The molecule has 0 saturated carbocycles. The van der Waals surface area contributed by atoms with Crippen molar-refractivity contribution in [3.8, 4) is 0 Å². The molecule has 2 rings (SSSR count). The fourth-order valence-corrected chi connectivity index (χ4v) is 4.73. The summed E-state index contributed by atoms with van der Waals surface area (Å²) in [6.07, 6.45) is 2.58. The van der Waals surface area contributed by atoms with Crippen LogP contribution in [0.15, 0.2) is 18.3 Å². The third-order valence-electron chi connectivity index (χ3n) is 2.87. The minimum atomic E-state index is -3.24. The minimum absolute atomic E-state index is 0.107. The van der Waals surface area contributed by atoms with Crippen molar-refractivity contribution in [1.82, 2.24) is 4.98 Å². The zero-order chi connectivity index (χ0) is 14.0. The number of aromatic nitrogens is 1. The maximum Gasteiger partial charge on any atom is 0.335 e. The monoisotopic (exact) mass is 302 g/mol. The molecule has 104 valence electrons. The van der Waals surface area contributed by atoms with Gasteiger partial charge >= 0.3 is 5.97 Å². The van der Waals surface area contributed by atoms with Crippen LogP contribution >= 0.6 is 11.8 Å². The van der Waals surface area contributed by atoms with Crippen molar-refractivity contribution >= 4 is 33.4 Å². The highest BCUT2D eigenvalue weighted by Crippen LogP contribution is 2.25. The van der Waals surface area contributed by atoms with Gasteiger partial charge in [-0.2, -0.15) is 11.8 Å². The molecule has 0 aromatic carbocycles. The third kappa shape index (κ3) is 3.19. The van der Waals surface area contributed by atoms with E-state index in [1.807, 2.05) is 0 Å². The summed E-state index contributed by atoms with van der Waals surface area (Å²) in [6.45, 7) is 0.540. The average molecular weight is 302 g/mol. The van der Waals surface area contributed by atoms with Gasteiger partial charge < -0.3 is 10.0 Å². The van der Waals surface area contributed by atoms with Gasteiger partial charge in [0, 0.05) is 30.5 Å². The number of hydrogen-bond acceptors (Lipinski definition) is 6. The number of pyridine rings is 1. The molecule has 0 spiro atoms. The molecule has 2 heterocycles. The largest absolute Gasteiger partial charge is 0.478 e. The van der Waals surface area contributed by atoms with Crippen molar-refractivity contribution < 1.29 is 18.3 Å². The van der Waals surface area contributed by atoms with E-state index >= 15 is 0 Å². The Balaban J connectivity index is 2.38. The Morgan fingerprint density at radius 3 is 2.95 bits per heavy atom. The molecule has 1 aromatic heterocycles. The Morgan fingerprint density at radius 2 is 2.32 bits per heavy atom. The first-order valence-electron chi connectivity index (χ1n) is 5.62. The van der Waals surface area contributed by atoms with Gasteiger partial charge in [-0.15, -0.1) is 0 Å². The number of anilines is 1. The molecule has 8 heteroatoms. The van der Waals surface area contributed by atoms with Crippen LogP contribution in [0.1, 0.15) is 10.4 Å². The first kappa shape index (κ1) is 14.1. The zero-order valence-electron chi connectivity index (χ0n) is 10.3. The first-order chi connectivity index (χ1) is 8.89. The van der Waals surface area contributed by atoms with Crippen LogP contribution in [0.25, 0.3) is 0 Å². The fourth-order valence-electron chi connectivity index (χ4n) is 1.91. The predicted octanol–water partition coefficient (Wildman–Crippen LogP) is 0.704. The Morgan fingerprint density at radius 1 is 1.58 bits per heavy atom. The van der Waals surface area contributed by atoms with Gasteiger partial charge in [0.05, 0.1) is 5.56 Å². The average Bonchev–Trinajstić information content (AvgIpc) is 2.38. The van der Waals surface area contributed by atoms with Crippen LogP contribution in [0.5, 0.6) is 0 Å². The van der Waals surface area contributed by atoms with E-state index in [0.29, 0.717) is 18.1 Å². The number of thioether (sulfide) groups is 1. The highest BCUT2D eigenvalue weighted by molar-refractivity contribution is 8.01. The standard InChI is InChI=1S/C11H14N2O4S2/c1-19(16,17)10-7-18-5-4-13(10)9-6-8(11(14)15)2-3-12-9/h2-3,6,10H,4-5,7H2,1H3,(H,14,15). The molecule has 1 aliphatic rings. The van der Waals surface area contributed by atoms with Gasteiger partial charge in [0.25, 0.3) is 0 Å². The van der Waals surface area contributed by atoms with Crippen molar-refractivity contribution in [3.63, 3.8) is 0 Å². The number of nitrogens with zero attached hydrogens (tertiary/aromatic N) is 2. The van der Waals surface area contributed by atoms with E-state index in [9.17, 15) is 13.2 Å². The maximum absolute atomic E-state index is 11.8. The SMILES string of the molecule is CS(=O)(=O)C1CSCCN1c1cc(C(=O)O)ccn1. The summed E-state index contributed by atoms with van der Waals surface area (Å²) in [5, 5.41) is 8.31. The molecular formula is C11H14N2O4S2. The summed E-state index contributed by atoms with van der Waals surface area (Å²) < 4.78 is 23.6. The van der Waals surface area contributed by atoms with Gasteiger partial charge in [0.2, 0.25) is 0 Å². The van der Waals surface area contributed by atoms with E-state index in [0.717, 1.165) is 5.75 Å². The highest BCUT2D eigenvalue weighted by Gasteiger charge is 2.32. The smallest absolute Gasteiger partial charge is 0.335 e. The first-order valence-corrected chi connectivity index (χ1v) is 8.73. The molecule has 0 aliphatic carbocycles. The summed E-state index contributed by atoms with van der Waals surface area (Å²) in [7, 11) is -3.24. The molecule has 0 radical (unpaired) electrons. The minimum Gasteiger partial charge on any atom is -0.478 e. The summed E-state index contributed by atoms with van der Waals surface area (Å²) in [5.74, 6) is 0.615. The number of hydrogen-bond donors (Lipinski definition) is 1. The second-order valence-electron chi connectivity index (χ2n) is 4.26. The van der Waals surface area contributed by atoms with Crippen molar-refractivity contribution in [2.75, 3.05) is 29.2 Å². The molecule has 0 bridgehead atoms. The molecule has 1 saturated heterocycles. The van der Waals surface area contributed by atoms with Crippen molar-refractivity contribution in [2.45, 2.75) is 5.37 Å². The van der Waals surface area contributed by atoms with Crippen LogP contribution in [-0.2, 0) is 9.84 Å². The Kier molecular flexibility index (Phi) is 4.00. The van der Waals surface area contributed by atoms with Crippen molar-refractivity contribution in [2.24, 2.45) is 0 Å². The van der Waals surface area contributed by atoms with Crippen molar-refractivity contribution in [3.05, 3.63) is 23.9 Å². The molecule has 1 fully saturated rings. The van der Waals surface area contributed by atoms with E-state index in [1.165, 1.54) is 24.6 Å². The third-order valence-corrected chi connectivity index (χ3v) is 5.51. The lowest BCUT2D eigenvalue weighted by atomic mass is 10.2. The van der Waals surface area contributed by atoms with Gasteiger partial charge in [-0.05, 0) is 12.1 Å². The molecule has 6 nitrogen and oxygen atoms in total. The molecule has 1 aromatic rings. The summed E-state index contributed by atoms with van der Waals surface area (Å²) >= 11 is 1.57. The van der Waals surface area contributed by atoms with Gasteiger partial charge in [-0.1, -0.05) is 0 Å². The van der Waals surface area contributed by atoms with Gasteiger partial charge in [0.1, 0.15) is 11.2 Å². The summed E-state index contributed by atoms with van der Waals surface area (Å²) in [5.41, 5.74) is 0.107. The fraction of sp³-hybridized carbons (Fsp3) is 0.455. The number of sulfone groups is 1. The lowest BCUT2D eigenvalue weighted by Gasteiger charge is -2.34. The number of carboxylic acids is 1. The lowest BCUT2D eigenvalue weighted by molar-refractivity contribution is 0.0696. The molecule has 1 atom stereocenters. The summed E-state index contributed by atoms with van der Waals surface area (Å²) in [6, 6.07) is 2.80. The molecular weight excluding hydrogens is 288 g/mol. The van der Waals surface area contributed by atoms with Gasteiger partial charge in [-0.3, -0.25) is 0 Å². The van der Waals surface area contributed by atoms with Gasteiger partial charge in [0.15, 0.2) is 9.84 Å². The topological polar surface area (TPSA) is 87.6 Å². The van der Waals surface area contributed by atoms with E-state index in [2.05, 4.69) is 4.98 Å². The quantitative estimate of drug-likeness (QED) is 0.879. The molecule has 1 N–H and O–H groups in total. The second kappa shape index (κ2) is 5.38. The van der Waals surface area contributed by atoms with Crippen LogP contribution in [0.2, 0.25) is 0 Å². The Labute approximate surface area is 115 Å². The van der Waals surface area contributed by atoms with Crippen LogP contribution in [0.3, 0.4) is 0 Å². The van der Waals surface area contributed by atoms with E-state index < -0.39 is 21.2 Å². The normalized spacial score (nSPS) is 20.3. The maximum atomic E-state index is 11.8.